The van der Waals surface area contributed by atoms with E-state index in [1.807, 2.05) is 20.8 Å². The molecule has 1 aromatic rings. The summed E-state index contributed by atoms with van der Waals surface area (Å²) in [4.78, 5) is 12.6. The molecule has 7 heteroatoms. The molecule has 0 unspecified atom stereocenters. The van der Waals surface area contributed by atoms with Crippen molar-refractivity contribution >= 4 is 27.3 Å². The Labute approximate surface area is 137 Å². The molecule has 1 fully saturated rings. The van der Waals surface area contributed by atoms with Crippen molar-refractivity contribution in [1.29, 1.82) is 0 Å². The summed E-state index contributed by atoms with van der Waals surface area (Å²) in [6.45, 7) is 6.51. The SMILES string of the molecule is Cc1ccc(NS(C)(=O)=O)c(NC(=O)[C@H]2CCO[C@H]2C(C)C)c1. The van der Waals surface area contributed by atoms with Crippen LogP contribution in [0, 0.1) is 18.8 Å². The number of benzene rings is 1. The topological polar surface area (TPSA) is 84.5 Å². The van der Waals surface area contributed by atoms with Crippen LogP contribution in [0.3, 0.4) is 0 Å². The van der Waals surface area contributed by atoms with Gasteiger partial charge in [0.25, 0.3) is 0 Å². The number of ether oxygens (including phenoxy) is 1. The van der Waals surface area contributed by atoms with E-state index in [0.29, 0.717) is 24.4 Å². The van der Waals surface area contributed by atoms with Gasteiger partial charge in [0.15, 0.2) is 0 Å². The first kappa shape index (κ1) is 17.7. The number of hydrogen-bond donors (Lipinski definition) is 2. The number of rotatable bonds is 5. The molecule has 1 amide bonds. The summed E-state index contributed by atoms with van der Waals surface area (Å²) < 4.78 is 31.0. The number of carbonyl (C=O) groups excluding carboxylic acids is 1. The van der Waals surface area contributed by atoms with Crippen LogP contribution >= 0.6 is 0 Å². The summed E-state index contributed by atoms with van der Waals surface area (Å²) in [5.41, 5.74) is 1.77. The van der Waals surface area contributed by atoms with Gasteiger partial charge in [-0.3, -0.25) is 9.52 Å². The largest absolute Gasteiger partial charge is 0.377 e. The molecule has 0 bridgehead atoms. The first-order chi connectivity index (χ1) is 10.7. The summed E-state index contributed by atoms with van der Waals surface area (Å²) >= 11 is 0. The average Bonchev–Trinajstić information content (AvgIpc) is 2.90. The van der Waals surface area contributed by atoms with Crippen LogP contribution in [0.2, 0.25) is 0 Å². The van der Waals surface area contributed by atoms with Crippen LogP contribution < -0.4 is 10.0 Å². The van der Waals surface area contributed by atoms with Crippen molar-refractivity contribution in [3.05, 3.63) is 23.8 Å². The van der Waals surface area contributed by atoms with E-state index in [-0.39, 0.29) is 23.8 Å². The third kappa shape index (κ3) is 4.68. The second kappa shape index (κ2) is 6.88. The van der Waals surface area contributed by atoms with Gasteiger partial charge < -0.3 is 10.1 Å². The normalized spacial score (nSPS) is 21.4. The van der Waals surface area contributed by atoms with Gasteiger partial charge in [-0.2, -0.15) is 0 Å². The number of carbonyl (C=O) groups is 1. The molecule has 0 spiro atoms. The predicted molar refractivity (Wildman–Crippen MR) is 91.0 cm³/mol. The molecule has 0 saturated carbocycles. The fourth-order valence-electron chi connectivity index (χ4n) is 2.82. The Bertz CT molecular complexity index is 685. The zero-order chi connectivity index (χ0) is 17.2. The number of sulfonamides is 1. The molecule has 0 radical (unpaired) electrons. The molecule has 2 rings (SSSR count). The molecule has 23 heavy (non-hydrogen) atoms. The van der Waals surface area contributed by atoms with Gasteiger partial charge in [0.2, 0.25) is 15.9 Å². The van der Waals surface area contributed by atoms with Crippen LogP contribution in [0.1, 0.15) is 25.8 Å². The molecule has 128 valence electrons. The number of hydrogen-bond acceptors (Lipinski definition) is 4. The maximum Gasteiger partial charge on any atom is 0.230 e. The molecule has 1 aromatic carbocycles. The third-order valence-electron chi connectivity index (χ3n) is 3.86. The Balaban J connectivity index is 2.22. The minimum absolute atomic E-state index is 0.105. The summed E-state index contributed by atoms with van der Waals surface area (Å²) in [6, 6.07) is 5.20. The van der Waals surface area contributed by atoms with Gasteiger partial charge in [-0.05, 0) is 37.0 Å². The summed E-state index contributed by atoms with van der Waals surface area (Å²) in [5, 5.41) is 2.85. The molecule has 0 aromatic heterocycles. The van der Waals surface area contributed by atoms with Crippen LogP contribution in [0.5, 0.6) is 0 Å². The summed E-state index contributed by atoms with van der Waals surface area (Å²) in [7, 11) is -3.42. The highest BCUT2D eigenvalue weighted by atomic mass is 32.2. The van der Waals surface area contributed by atoms with Crippen LogP contribution in [-0.4, -0.2) is 33.3 Å². The van der Waals surface area contributed by atoms with Gasteiger partial charge >= 0.3 is 0 Å². The lowest BCUT2D eigenvalue weighted by Gasteiger charge is -2.22. The highest BCUT2D eigenvalue weighted by molar-refractivity contribution is 7.92. The smallest absolute Gasteiger partial charge is 0.230 e. The average molecular weight is 340 g/mol. The first-order valence-electron chi connectivity index (χ1n) is 7.68. The van der Waals surface area contributed by atoms with E-state index in [0.717, 1.165) is 11.8 Å². The molecule has 1 aliphatic rings. The van der Waals surface area contributed by atoms with Gasteiger partial charge in [-0.1, -0.05) is 19.9 Å². The molecule has 2 N–H and O–H groups in total. The number of anilines is 2. The van der Waals surface area contributed by atoms with Crippen molar-refractivity contribution in [2.24, 2.45) is 11.8 Å². The third-order valence-corrected chi connectivity index (χ3v) is 4.45. The highest BCUT2D eigenvalue weighted by Crippen LogP contribution is 2.30. The lowest BCUT2D eigenvalue weighted by Crippen LogP contribution is -2.33. The molecule has 0 aliphatic carbocycles. The van der Waals surface area contributed by atoms with Crippen LogP contribution in [0.25, 0.3) is 0 Å². The predicted octanol–water partition coefficient (Wildman–Crippen LogP) is 2.37. The molecule has 2 atom stereocenters. The summed E-state index contributed by atoms with van der Waals surface area (Å²) in [5.74, 6) is -0.107. The van der Waals surface area contributed by atoms with E-state index in [1.54, 1.807) is 18.2 Å². The molecule has 1 aliphatic heterocycles. The Morgan fingerprint density at radius 3 is 2.61 bits per heavy atom. The lowest BCUT2D eigenvalue weighted by atomic mass is 9.92. The molecular formula is C16H24N2O4S. The van der Waals surface area contributed by atoms with Gasteiger partial charge in [0, 0.05) is 6.61 Å². The zero-order valence-electron chi connectivity index (χ0n) is 13.9. The van der Waals surface area contributed by atoms with E-state index < -0.39 is 10.0 Å². The fourth-order valence-corrected chi connectivity index (χ4v) is 3.40. The Kier molecular flexibility index (Phi) is 5.31. The maximum absolute atomic E-state index is 12.6. The van der Waals surface area contributed by atoms with Gasteiger partial charge in [-0.15, -0.1) is 0 Å². The van der Waals surface area contributed by atoms with Crippen LogP contribution in [0.4, 0.5) is 11.4 Å². The highest BCUT2D eigenvalue weighted by Gasteiger charge is 2.36. The van der Waals surface area contributed by atoms with E-state index in [9.17, 15) is 13.2 Å². The number of aryl methyl sites for hydroxylation is 1. The van der Waals surface area contributed by atoms with Crippen molar-refractivity contribution in [3.63, 3.8) is 0 Å². The standard InChI is InChI=1S/C16H24N2O4S/c1-10(2)15-12(7-8-22-15)16(19)17-14-9-11(3)5-6-13(14)18-23(4,20)21/h5-6,9-10,12,15,18H,7-8H2,1-4H3,(H,17,19)/t12-,15-/m0/s1. The minimum atomic E-state index is -3.42. The van der Waals surface area contributed by atoms with Gasteiger partial charge in [0.1, 0.15) is 0 Å². The van der Waals surface area contributed by atoms with E-state index in [2.05, 4.69) is 10.0 Å². The fraction of sp³-hybridized carbons (Fsp3) is 0.562. The number of amides is 1. The van der Waals surface area contributed by atoms with Crippen molar-refractivity contribution in [1.82, 2.24) is 0 Å². The van der Waals surface area contributed by atoms with Crippen molar-refractivity contribution in [2.75, 3.05) is 22.9 Å². The Morgan fingerprint density at radius 2 is 2.00 bits per heavy atom. The lowest BCUT2D eigenvalue weighted by molar-refractivity contribution is -0.122. The minimum Gasteiger partial charge on any atom is -0.377 e. The molecule has 6 nitrogen and oxygen atoms in total. The second-order valence-electron chi connectivity index (χ2n) is 6.39. The Hall–Kier alpha value is -1.60. The quantitative estimate of drug-likeness (QED) is 0.862. The zero-order valence-corrected chi connectivity index (χ0v) is 14.7. The van der Waals surface area contributed by atoms with Crippen LogP contribution in [-0.2, 0) is 19.6 Å². The van der Waals surface area contributed by atoms with Crippen molar-refractivity contribution in [2.45, 2.75) is 33.3 Å². The van der Waals surface area contributed by atoms with Gasteiger partial charge in [-0.25, -0.2) is 8.42 Å². The molecule has 1 saturated heterocycles. The van der Waals surface area contributed by atoms with E-state index in [1.165, 1.54) is 0 Å². The number of nitrogens with one attached hydrogen (secondary N) is 2. The van der Waals surface area contributed by atoms with E-state index >= 15 is 0 Å². The van der Waals surface area contributed by atoms with Gasteiger partial charge in [0.05, 0.1) is 29.7 Å². The first-order valence-corrected chi connectivity index (χ1v) is 9.57. The Morgan fingerprint density at radius 1 is 1.30 bits per heavy atom. The van der Waals surface area contributed by atoms with Crippen LogP contribution in [0.15, 0.2) is 18.2 Å². The summed E-state index contributed by atoms with van der Waals surface area (Å²) in [6.07, 6.45) is 1.65. The molecular weight excluding hydrogens is 316 g/mol. The monoisotopic (exact) mass is 340 g/mol. The second-order valence-corrected chi connectivity index (χ2v) is 8.14. The van der Waals surface area contributed by atoms with Crippen molar-refractivity contribution < 1.29 is 17.9 Å². The molecule has 1 heterocycles. The van der Waals surface area contributed by atoms with E-state index in [4.69, 9.17) is 4.74 Å². The van der Waals surface area contributed by atoms with Crippen molar-refractivity contribution in [3.8, 4) is 0 Å². The maximum atomic E-state index is 12.6.